The molecule has 2 saturated heterocycles. The van der Waals surface area contributed by atoms with Crippen molar-refractivity contribution in [1.29, 1.82) is 0 Å². The van der Waals surface area contributed by atoms with E-state index in [9.17, 15) is 0 Å². The molecule has 118 valence electrons. The molecule has 0 aliphatic carbocycles. The lowest BCUT2D eigenvalue weighted by molar-refractivity contribution is 0.0284. The SMILES string of the molecule is COCC1CCC2(CCN(Cc3ccc(C)s3)CC2)N1C. The minimum absolute atomic E-state index is 0.449. The van der Waals surface area contributed by atoms with Gasteiger partial charge >= 0.3 is 0 Å². The van der Waals surface area contributed by atoms with Crippen LogP contribution in [0.3, 0.4) is 0 Å². The van der Waals surface area contributed by atoms with Gasteiger partial charge in [0.1, 0.15) is 0 Å². The van der Waals surface area contributed by atoms with Gasteiger partial charge in [0.05, 0.1) is 6.61 Å². The van der Waals surface area contributed by atoms with Crippen molar-refractivity contribution >= 4 is 11.3 Å². The van der Waals surface area contributed by atoms with Gasteiger partial charge in [-0.1, -0.05) is 0 Å². The Morgan fingerprint density at radius 1 is 1.29 bits per heavy atom. The van der Waals surface area contributed by atoms with Crippen molar-refractivity contribution in [2.45, 2.75) is 50.7 Å². The predicted octanol–water partition coefficient (Wildman–Crippen LogP) is 3.13. The first-order valence-electron chi connectivity index (χ1n) is 8.12. The van der Waals surface area contributed by atoms with E-state index in [-0.39, 0.29) is 0 Å². The number of thiophene rings is 1. The zero-order valence-electron chi connectivity index (χ0n) is 13.6. The maximum Gasteiger partial charge on any atom is 0.0618 e. The summed E-state index contributed by atoms with van der Waals surface area (Å²) in [5.41, 5.74) is 0.449. The summed E-state index contributed by atoms with van der Waals surface area (Å²) in [5, 5.41) is 0. The van der Waals surface area contributed by atoms with Crippen molar-refractivity contribution in [3.05, 3.63) is 21.9 Å². The number of nitrogens with zero attached hydrogens (tertiary/aromatic N) is 2. The maximum atomic E-state index is 5.38. The number of rotatable bonds is 4. The number of methoxy groups -OCH3 is 1. The average molecular weight is 308 g/mol. The summed E-state index contributed by atoms with van der Waals surface area (Å²) in [7, 11) is 4.14. The first-order chi connectivity index (χ1) is 10.1. The standard InChI is InChI=1S/C17H28N2OS/c1-14-4-5-16(21-14)12-19-10-8-17(9-11-19)7-6-15(13-20-3)18(17)2/h4-5,15H,6-13H2,1-3H3. The highest BCUT2D eigenvalue weighted by molar-refractivity contribution is 7.11. The normalized spacial score (nSPS) is 26.7. The second-order valence-electron chi connectivity index (χ2n) is 6.77. The highest BCUT2D eigenvalue weighted by Crippen LogP contribution is 2.40. The molecular formula is C17H28N2OS. The van der Waals surface area contributed by atoms with Crippen molar-refractivity contribution in [2.24, 2.45) is 0 Å². The van der Waals surface area contributed by atoms with Crippen LogP contribution >= 0.6 is 11.3 Å². The third-order valence-corrected chi connectivity index (χ3v) is 6.55. The van der Waals surface area contributed by atoms with Crippen LogP contribution < -0.4 is 0 Å². The van der Waals surface area contributed by atoms with Gasteiger partial charge in [-0.05, 0) is 51.8 Å². The summed E-state index contributed by atoms with van der Waals surface area (Å²) in [6.07, 6.45) is 5.28. The smallest absolute Gasteiger partial charge is 0.0618 e. The van der Waals surface area contributed by atoms with Crippen molar-refractivity contribution in [1.82, 2.24) is 9.80 Å². The molecule has 21 heavy (non-hydrogen) atoms. The fourth-order valence-electron chi connectivity index (χ4n) is 4.10. The Kier molecular flexibility index (Phi) is 4.69. The minimum atomic E-state index is 0.449. The van der Waals surface area contributed by atoms with E-state index in [0.717, 1.165) is 13.2 Å². The van der Waals surface area contributed by atoms with Gasteiger partial charge in [-0.3, -0.25) is 9.80 Å². The van der Waals surface area contributed by atoms with Crippen molar-refractivity contribution in [3.8, 4) is 0 Å². The van der Waals surface area contributed by atoms with Gasteiger partial charge in [-0.15, -0.1) is 11.3 Å². The zero-order chi connectivity index (χ0) is 14.9. The van der Waals surface area contributed by atoms with Gasteiger partial charge in [0, 0.05) is 48.1 Å². The van der Waals surface area contributed by atoms with E-state index >= 15 is 0 Å². The molecule has 2 aliphatic rings. The number of hydrogen-bond acceptors (Lipinski definition) is 4. The average Bonchev–Trinajstić information content (AvgIpc) is 3.01. The first kappa shape index (κ1) is 15.5. The molecule has 3 nitrogen and oxygen atoms in total. The van der Waals surface area contributed by atoms with Crippen LogP contribution in [-0.4, -0.2) is 55.2 Å². The number of aryl methyl sites for hydroxylation is 1. The van der Waals surface area contributed by atoms with E-state index < -0.39 is 0 Å². The Labute approximate surface area is 132 Å². The van der Waals surface area contributed by atoms with Gasteiger partial charge in [0.2, 0.25) is 0 Å². The molecule has 1 spiro atoms. The lowest BCUT2D eigenvalue weighted by Gasteiger charge is -2.45. The lowest BCUT2D eigenvalue weighted by atomic mass is 9.85. The summed E-state index contributed by atoms with van der Waals surface area (Å²) in [6, 6.07) is 5.16. The number of likely N-dealkylation sites (tertiary alicyclic amines) is 2. The number of hydrogen-bond donors (Lipinski definition) is 0. The quantitative estimate of drug-likeness (QED) is 0.850. The molecule has 1 atom stereocenters. The van der Waals surface area contributed by atoms with E-state index in [0.29, 0.717) is 11.6 Å². The Bertz CT molecular complexity index is 465. The van der Waals surface area contributed by atoms with Crippen LogP contribution in [0.5, 0.6) is 0 Å². The number of likely N-dealkylation sites (N-methyl/N-ethyl adjacent to an activating group) is 1. The topological polar surface area (TPSA) is 15.7 Å². The molecule has 2 aliphatic heterocycles. The van der Waals surface area contributed by atoms with Crippen LogP contribution in [0.1, 0.15) is 35.4 Å². The summed E-state index contributed by atoms with van der Waals surface area (Å²) >= 11 is 1.94. The van der Waals surface area contributed by atoms with Crippen molar-refractivity contribution in [2.75, 3.05) is 33.9 Å². The molecule has 3 rings (SSSR count). The number of piperidine rings is 1. The molecule has 0 amide bonds. The van der Waals surface area contributed by atoms with Gasteiger partial charge in [0.25, 0.3) is 0 Å². The lowest BCUT2D eigenvalue weighted by Crippen LogP contribution is -2.52. The highest BCUT2D eigenvalue weighted by Gasteiger charge is 2.45. The highest BCUT2D eigenvalue weighted by atomic mass is 32.1. The molecule has 1 aromatic heterocycles. The second kappa shape index (κ2) is 6.37. The molecule has 0 radical (unpaired) electrons. The van der Waals surface area contributed by atoms with Gasteiger partial charge < -0.3 is 4.74 Å². The van der Waals surface area contributed by atoms with E-state index in [4.69, 9.17) is 4.74 Å². The van der Waals surface area contributed by atoms with Crippen LogP contribution in [0.15, 0.2) is 12.1 Å². The maximum absolute atomic E-state index is 5.38. The molecule has 0 aromatic carbocycles. The molecule has 0 N–H and O–H groups in total. The van der Waals surface area contributed by atoms with E-state index in [1.807, 2.05) is 18.4 Å². The molecule has 0 saturated carbocycles. The molecule has 4 heteroatoms. The van der Waals surface area contributed by atoms with Gasteiger partial charge in [-0.25, -0.2) is 0 Å². The van der Waals surface area contributed by atoms with Crippen LogP contribution in [0.2, 0.25) is 0 Å². The fraction of sp³-hybridized carbons (Fsp3) is 0.765. The third kappa shape index (κ3) is 3.19. The summed E-state index contributed by atoms with van der Waals surface area (Å²) in [5.74, 6) is 0. The molecule has 1 aromatic rings. The Morgan fingerprint density at radius 3 is 2.67 bits per heavy atom. The first-order valence-corrected chi connectivity index (χ1v) is 8.94. The van der Waals surface area contributed by atoms with Gasteiger partial charge in [0.15, 0.2) is 0 Å². The van der Waals surface area contributed by atoms with Crippen molar-refractivity contribution in [3.63, 3.8) is 0 Å². The monoisotopic (exact) mass is 308 g/mol. The molecular weight excluding hydrogens is 280 g/mol. The minimum Gasteiger partial charge on any atom is -0.383 e. The van der Waals surface area contributed by atoms with Crippen LogP contribution in [0.25, 0.3) is 0 Å². The summed E-state index contributed by atoms with van der Waals surface area (Å²) < 4.78 is 5.38. The second-order valence-corrected chi connectivity index (χ2v) is 8.14. The van der Waals surface area contributed by atoms with E-state index in [1.165, 1.54) is 48.5 Å². The number of ether oxygens (including phenoxy) is 1. The van der Waals surface area contributed by atoms with Gasteiger partial charge in [-0.2, -0.15) is 0 Å². The van der Waals surface area contributed by atoms with Crippen LogP contribution in [0, 0.1) is 6.92 Å². The van der Waals surface area contributed by atoms with Crippen LogP contribution in [0.4, 0.5) is 0 Å². The molecule has 2 fully saturated rings. The summed E-state index contributed by atoms with van der Waals surface area (Å²) in [6.45, 7) is 6.70. The van der Waals surface area contributed by atoms with E-state index in [1.54, 1.807) is 0 Å². The summed E-state index contributed by atoms with van der Waals surface area (Å²) in [4.78, 5) is 8.20. The van der Waals surface area contributed by atoms with Crippen LogP contribution in [-0.2, 0) is 11.3 Å². The predicted molar refractivity (Wildman–Crippen MR) is 89.0 cm³/mol. The third-order valence-electron chi connectivity index (χ3n) is 5.56. The molecule has 3 heterocycles. The zero-order valence-corrected chi connectivity index (χ0v) is 14.4. The van der Waals surface area contributed by atoms with E-state index in [2.05, 4.69) is 35.9 Å². The van der Waals surface area contributed by atoms with Crippen molar-refractivity contribution < 1.29 is 4.74 Å². The Morgan fingerprint density at radius 2 is 2.05 bits per heavy atom. The molecule has 0 bridgehead atoms. The Balaban J connectivity index is 1.55. The Hall–Kier alpha value is -0.420. The molecule has 1 unspecified atom stereocenters. The largest absolute Gasteiger partial charge is 0.383 e. The fourth-order valence-corrected chi connectivity index (χ4v) is 5.03.